The molecule has 0 bridgehead atoms. The average molecular weight is 244 g/mol. The van der Waals surface area contributed by atoms with Crippen LogP contribution in [-0.4, -0.2) is 4.98 Å². The molecule has 3 rings (SSSR count). The number of halogens is 2. The first-order chi connectivity index (χ1) is 8.66. The predicted molar refractivity (Wildman–Crippen MR) is 68.1 cm³/mol. The second kappa shape index (κ2) is 3.84. The van der Waals surface area contributed by atoms with Crippen LogP contribution in [-0.2, 0) is 0 Å². The third kappa shape index (κ3) is 1.54. The van der Waals surface area contributed by atoms with Gasteiger partial charge in [-0.3, -0.25) is 0 Å². The van der Waals surface area contributed by atoms with E-state index >= 15 is 0 Å². The zero-order valence-electron chi connectivity index (χ0n) is 9.37. The Hall–Kier alpha value is -2.36. The summed E-state index contributed by atoms with van der Waals surface area (Å²) in [5.41, 5.74) is 7.45. The molecule has 0 amide bonds. The summed E-state index contributed by atoms with van der Waals surface area (Å²) < 4.78 is 27.3. The first-order valence-electron chi connectivity index (χ1n) is 5.48. The Morgan fingerprint density at radius 3 is 2.44 bits per heavy atom. The zero-order valence-corrected chi connectivity index (χ0v) is 9.37. The van der Waals surface area contributed by atoms with Crippen molar-refractivity contribution < 1.29 is 8.78 Å². The fourth-order valence-electron chi connectivity index (χ4n) is 2.03. The molecule has 3 N–H and O–H groups in total. The molecule has 0 aliphatic heterocycles. The van der Waals surface area contributed by atoms with Crippen molar-refractivity contribution in [3.63, 3.8) is 0 Å². The number of nitrogens with one attached hydrogen (secondary N) is 1. The Labute approximate surface area is 102 Å². The lowest BCUT2D eigenvalue weighted by atomic mass is 10.1. The highest BCUT2D eigenvalue weighted by atomic mass is 19.1. The number of hydrogen-bond donors (Lipinski definition) is 2. The summed E-state index contributed by atoms with van der Waals surface area (Å²) in [6, 6.07) is 10.8. The lowest BCUT2D eigenvalue weighted by molar-refractivity contribution is 0.630. The van der Waals surface area contributed by atoms with E-state index in [9.17, 15) is 8.78 Å². The van der Waals surface area contributed by atoms with Crippen LogP contribution in [0.4, 0.5) is 14.5 Å². The summed E-state index contributed by atoms with van der Waals surface area (Å²) in [6.07, 6.45) is 0. The number of anilines is 1. The van der Waals surface area contributed by atoms with Crippen LogP contribution in [0.3, 0.4) is 0 Å². The highest BCUT2D eigenvalue weighted by molar-refractivity contribution is 5.95. The minimum absolute atomic E-state index is 0.299. The molecule has 0 aliphatic rings. The Balaban J connectivity index is 2.29. The molecule has 0 unspecified atom stereocenters. The maximum absolute atomic E-state index is 13.7. The van der Waals surface area contributed by atoms with E-state index in [1.807, 2.05) is 0 Å². The molecule has 2 aromatic carbocycles. The van der Waals surface area contributed by atoms with E-state index in [0.717, 1.165) is 0 Å². The number of benzene rings is 2. The van der Waals surface area contributed by atoms with Gasteiger partial charge in [0.1, 0.15) is 11.6 Å². The summed E-state index contributed by atoms with van der Waals surface area (Å²) in [4.78, 5) is 2.87. The lowest BCUT2D eigenvalue weighted by Crippen LogP contribution is -1.86. The monoisotopic (exact) mass is 244 g/mol. The third-order valence-corrected chi connectivity index (χ3v) is 2.94. The Kier molecular flexibility index (Phi) is 2.30. The molecule has 2 nitrogen and oxygen atoms in total. The smallest absolute Gasteiger partial charge is 0.147 e. The largest absolute Gasteiger partial charge is 0.398 e. The number of rotatable bonds is 1. The Bertz CT molecular complexity index is 693. The van der Waals surface area contributed by atoms with Gasteiger partial charge in [-0.25, -0.2) is 8.78 Å². The Morgan fingerprint density at radius 2 is 1.72 bits per heavy atom. The molecular formula is C14H10F2N2. The van der Waals surface area contributed by atoms with Gasteiger partial charge in [-0.05, 0) is 30.3 Å². The van der Waals surface area contributed by atoms with Gasteiger partial charge in [0.15, 0.2) is 0 Å². The summed E-state index contributed by atoms with van der Waals surface area (Å²) in [5.74, 6) is -0.759. The van der Waals surface area contributed by atoms with Crippen LogP contribution in [0.15, 0.2) is 42.5 Å². The Morgan fingerprint density at radius 1 is 0.944 bits per heavy atom. The van der Waals surface area contributed by atoms with Crippen molar-refractivity contribution in [3.05, 3.63) is 54.1 Å². The summed E-state index contributed by atoms with van der Waals surface area (Å²) in [7, 11) is 0. The molecular weight excluding hydrogens is 234 g/mol. The molecule has 0 fully saturated rings. The number of nitrogen functional groups attached to an aromatic ring is 1. The van der Waals surface area contributed by atoms with Crippen LogP contribution in [0.25, 0.3) is 22.2 Å². The van der Waals surface area contributed by atoms with Crippen LogP contribution in [0, 0.1) is 11.6 Å². The molecule has 0 spiro atoms. The van der Waals surface area contributed by atoms with E-state index in [1.54, 1.807) is 24.3 Å². The average Bonchev–Trinajstić information content (AvgIpc) is 2.80. The standard InChI is InChI=1S/C14H10F2N2/c15-10-4-2-1-3-8(10)13-7-9-12(17)6-5-11(16)14(9)18-13/h1-7,18H,17H2. The normalized spacial score (nSPS) is 11.0. The van der Waals surface area contributed by atoms with Gasteiger partial charge in [0, 0.05) is 22.3 Å². The van der Waals surface area contributed by atoms with Gasteiger partial charge in [0.05, 0.1) is 5.52 Å². The molecule has 90 valence electrons. The van der Waals surface area contributed by atoms with Gasteiger partial charge in [0.25, 0.3) is 0 Å². The van der Waals surface area contributed by atoms with Crippen LogP contribution >= 0.6 is 0 Å². The maximum atomic E-state index is 13.7. The molecule has 1 heterocycles. The number of aromatic nitrogens is 1. The van der Waals surface area contributed by atoms with Crippen molar-refractivity contribution >= 4 is 16.6 Å². The number of H-pyrrole nitrogens is 1. The minimum Gasteiger partial charge on any atom is -0.398 e. The molecule has 0 radical (unpaired) electrons. The SMILES string of the molecule is Nc1ccc(F)c2[nH]c(-c3ccccc3F)cc12. The van der Waals surface area contributed by atoms with Gasteiger partial charge < -0.3 is 10.7 Å². The molecule has 18 heavy (non-hydrogen) atoms. The van der Waals surface area contributed by atoms with Crippen LogP contribution in [0.5, 0.6) is 0 Å². The first kappa shape index (κ1) is 10.8. The molecule has 1 aromatic heterocycles. The van der Waals surface area contributed by atoms with Gasteiger partial charge in [-0.1, -0.05) is 12.1 Å². The highest BCUT2D eigenvalue weighted by Crippen LogP contribution is 2.30. The van der Waals surface area contributed by atoms with E-state index in [0.29, 0.717) is 27.8 Å². The third-order valence-electron chi connectivity index (χ3n) is 2.94. The van der Waals surface area contributed by atoms with Gasteiger partial charge >= 0.3 is 0 Å². The number of fused-ring (bicyclic) bond motifs is 1. The van der Waals surface area contributed by atoms with Crippen molar-refractivity contribution in [1.82, 2.24) is 4.98 Å². The van der Waals surface area contributed by atoms with Gasteiger partial charge in [-0.15, -0.1) is 0 Å². The molecule has 0 saturated carbocycles. The first-order valence-corrected chi connectivity index (χ1v) is 5.48. The number of aromatic amines is 1. The summed E-state index contributed by atoms with van der Waals surface area (Å²) in [5, 5.41) is 0.563. The molecule has 4 heteroatoms. The topological polar surface area (TPSA) is 41.8 Å². The lowest BCUT2D eigenvalue weighted by Gasteiger charge is -1.98. The van der Waals surface area contributed by atoms with Crippen LogP contribution in [0.2, 0.25) is 0 Å². The molecule has 3 aromatic rings. The minimum atomic E-state index is -0.401. The van der Waals surface area contributed by atoms with E-state index in [1.165, 1.54) is 18.2 Å². The zero-order chi connectivity index (χ0) is 12.7. The fourth-order valence-corrected chi connectivity index (χ4v) is 2.03. The van der Waals surface area contributed by atoms with Crippen molar-refractivity contribution in [3.8, 4) is 11.3 Å². The molecule has 0 saturated heterocycles. The molecule has 0 atom stereocenters. The maximum Gasteiger partial charge on any atom is 0.147 e. The van der Waals surface area contributed by atoms with Crippen molar-refractivity contribution in [1.29, 1.82) is 0 Å². The summed E-state index contributed by atoms with van der Waals surface area (Å²) >= 11 is 0. The van der Waals surface area contributed by atoms with Crippen molar-refractivity contribution in [2.75, 3.05) is 5.73 Å². The second-order valence-electron chi connectivity index (χ2n) is 4.09. The van der Waals surface area contributed by atoms with Gasteiger partial charge in [0.2, 0.25) is 0 Å². The number of nitrogens with two attached hydrogens (primary N) is 1. The van der Waals surface area contributed by atoms with Crippen molar-refractivity contribution in [2.45, 2.75) is 0 Å². The quantitative estimate of drug-likeness (QED) is 0.630. The molecule has 0 aliphatic carbocycles. The van der Waals surface area contributed by atoms with E-state index in [-0.39, 0.29) is 5.82 Å². The van der Waals surface area contributed by atoms with E-state index < -0.39 is 5.82 Å². The van der Waals surface area contributed by atoms with E-state index in [2.05, 4.69) is 4.98 Å². The predicted octanol–water partition coefficient (Wildman–Crippen LogP) is 3.70. The second-order valence-corrected chi connectivity index (χ2v) is 4.09. The van der Waals surface area contributed by atoms with E-state index in [4.69, 9.17) is 5.73 Å². The highest BCUT2D eigenvalue weighted by Gasteiger charge is 2.11. The van der Waals surface area contributed by atoms with Crippen LogP contribution < -0.4 is 5.73 Å². The summed E-state index contributed by atoms with van der Waals surface area (Å²) in [6.45, 7) is 0. The fraction of sp³-hybridized carbons (Fsp3) is 0. The van der Waals surface area contributed by atoms with Crippen LogP contribution in [0.1, 0.15) is 0 Å². The van der Waals surface area contributed by atoms with Gasteiger partial charge in [-0.2, -0.15) is 0 Å². The van der Waals surface area contributed by atoms with Crippen molar-refractivity contribution in [2.24, 2.45) is 0 Å². The number of hydrogen-bond acceptors (Lipinski definition) is 1.